The fraction of sp³-hybridized carbons (Fsp3) is 0.786. The Kier molecular flexibility index (Phi) is 4.46. The van der Waals surface area contributed by atoms with Gasteiger partial charge in [-0.05, 0) is 38.5 Å². The molecular formula is C14H24N2O. The molecule has 2 aliphatic carbocycles. The van der Waals surface area contributed by atoms with Crippen LogP contribution in [0, 0.1) is 5.92 Å². The van der Waals surface area contributed by atoms with Crippen LogP contribution < -0.4 is 10.6 Å². The highest BCUT2D eigenvalue weighted by Crippen LogP contribution is 2.35. The van der Waals surface area contributed by atoms with E-state index >= 15 is 0 Å². The second-order valence-corrected chi connectivity index (χ2v) is 5.47. The van der Waals surface area contributed by atoms with E-state index in [0.717, 1.165) is 18.8 Å². The van der Waals surface area contributed by atoms with E-state index < -0.39 is 0 Å². The number of carbonyl (C=O) groups excluding carboxylic acids is 1. The number of amides is 2. The van der Waals surface area contributed by atoms with E-state index in [2.05, 4.69) is 17.6 Å². The standard InChI is InChI=1S/C14H24N2O/c1-11(12-8-9-12)10-15-14(17)16-13-6-4-2-3-5-7-13/h10,12-13H,2-9H2,1H3,(H2,15,16,17)/b11-10+. The summed E-state index contributed by atoms with van der Waals surface area (Å²) >= 11 is 0. The summed E-state index contributed by atoms with van der Waals surface area (Å²) in [7, 11) is 0. The van der Waals surface area contributed by atoms with Crippen LogP contribution in [0.15, 0.2) is 11.8 Å². The van der Waals surface area contributed by atoms with Crippen LogP contribution in [0.25, 0.3) is 0 Å². The van der Waals surface area contributed by atoms with Gasteiger partial charge < -0.3 is 10.6 Å². The van der Waals surface area contributed by atoms with Crippen molar-refractivity contribution in [3.05, 3.63) is 11.8 Å². The maximum atomic E-state index is 11.7. The minimum atomic E-state index is -0.0306. The molecule has 0 aromatic rings. The van der Waals surface area contributed by atoms with Gasteiger partial charge in [-0.1, -0.05) is 31.3 Å². The van der Waals surface area contributed by atoms with Crippen LogP contribution in [-0.4, -0.2) is 12.1 Å². The molecule has 0 bridgehead atoms. The van der Waals surface area contributed by atoms with Gasteiger partial charge in [0.15, 0.2) is 0 Å². The van der Waals surface area contributed by atoms with Gasteiger partial charge in [0.05, 0.1) is 0 Å². The summed E-state index contributed by atoms with van der Waals surface area (Å²) in [5.74, 6) is 0.730. The lowest BCUT2D eigenvalue weighted by atomic mass is 10.1. The fourth-order valence-electron chi connectivity index (χ4n) is 2.49. The zero-order valence-corrected chi connectivity index (χ0v) is 10.8. The average molecular weight is 236 g/mol. The first-order valence-corrected chi connectivity index (χ1v) is 6.99. The van der Waals surface area contributed by atoms with E-state index in [1.165, 1.54) is 44.1 Å². The van der Waals surface area contributed by atoms with Crippen LogP contribution in [0.5, 0.6) is 0 Å². The van der Waals surface area contributed by atoms with Gasteiger partial charge in [-0.25, -0.2) is 4.79 Å². The molecule has 0 atom stereocenters. The number of nitrogens with one attached hydrogen (secondary N) is 2. The third-order valence-electron chi connectivity index (χ3n) is 3.84. The number of carbonyl (C=O) groups is 1. The Labute approximate surface area is 104 Å². The molecule has 17 heavy (non-hydrogen) atoms. The number of hydrogen-bond acceptors (Lipinski definition) is 1. The molecule has 0 aromatic carbocycles. The number of urea groups is 1. The lowest BCUT2D eigenvalue weighted by molar-refractivity contribution is 0.238. The largest absolute Gasteiger partial charge is 0.335 e. The van der Waals surface area contributed by atoms with Crippen LogP contribution in [0.1, 0.15) is 58.3 Å². The van der Waals surface area contributed by atoms with E-state index in [4.69, 9.17) is 0 Å². The van der Waals surface area contributed by atoms with Crippen molar-refractivity contribution in [3.8, 4) is 0 Å². The van der Waals surface area contributed by atoms with Gasteiger partial charge in [0.2, 0.25) is 0 Å². The van der Waals surface area contributed by atoms with Crippen molar-refractivity contribution in [2.24, 2.45) is 5.92 Å². The van der Waals surface area contributed by atoms with Crippen molar-refractivity contribution < 1.29 is 4.79 Å². The maximum absolute atomic E-state index is 11.7. The third-order valence-corrected chi connectivity index (χ3v) is 3.84. The smallest absolute Gasteiger partial charge is 0.318 e. The average Bonchev–Trinajstić information content (AvgIpc) is 3.13. The molecule has 3 heteroatoms. The van der Waals surface area contributed by atoms with E-state index in [1.807, 2.05) is 6.20 Å². The minimum Gasteiger partial charge on any atom is -0.335 e. The third kappa shape index (κ3) is 4.41. The van der Waals surface area contributed by atoms with E-state index in [9.17, 15) is 4.79 Å². The Morgan fingerprint density at radius 2 is 1.71 bits per heavy atom. The second-order valence-electron chi connectivity index (χ2n) is 5.47. The summed E-state index contributed by atoms with van der Waals surface area (Å²) in [6, 6.07) is 0.351. The summed E-state index contributed by atoms with van der Waals surface area (Å²) in [5.41, 5.74) is 1.31. The molecule has 0 saturated heterocycles. The van der Waals surface area contributed by atoms with Crippen molar-refractivity contribution >= 4 is 6.03 Å². The van der Waals surface area contributed by atoms with Gasteiger partial charge in [-0.2, -0.15) is 0 Å². The summed E-state index contributed by atoms with van der Waals surface area (Å²) < 4.78 is 0. The quantitative estimate of drug-likeness (QED) is 0.725. The normalized spacial score (nSPS) is 23.0. The Balaban J connectivity index is 1.70. The molecule has 0 aromatic heterocycles. The van der Waals surface area contributed by atoms with Crippen molar-refractivity contribution in [2.75, 3.05) is 0 Å². The molecule has 96 valence electrons. The Morgan fingerprint density at radius 1 is 1.06 bits per heavy atom. The molecule has 0 heterocycles. The minimum absolute atomic E-state index is 0.0306. The summed E-state index contributed by atoms with van der Waals surface area (Å²) in [4.78, 5) is 11.7. The summed E-state index contributed by atoms with van der Waals surface area (Å²) in [6.45, 7) is 2.10. The topological polar surface area (TPSA) is 41.1 Å². The highest BCUT2D eigenvalue weighted by Gasteiger charge is 2.23. The van der Waals surface area contributed by atoms with Gasteiger partial charge in [-0.15, -0.1) is 0 Å². The van der Waals surface area contributed by atoms with Crippen molar-refractivity contribution in [1.29, 1.82) is 0 Å². The van der Waals surface area contributed by atoms with Crippen LogP contribution in [0.2, 0.25) is 0 Å². The lowest BCUT2D eigenvalue weighted by Gasteiger charge is -2.15. The number of rotatable bonds is 3. The first-order valence-electron chi connectivity index (χ1n) is 6.99. The molecule has 0 unspecified atom stereocenters. The molecule has 2 saturated carbocycles. The van der Waals surface area contributed by atoms with Crippen LogP contribution in [0.4, 0.5) is 4.79 Å². The Hall–Kier alpha value is -0.990. The number of allylic oxidation sites excluding steroid dienone is 1. The molecule has 2 aliphatic rings. The maximum Gasteiger partial charge on any atom is 0.318 e. The predicted octanol–water partition coefficient (Wildman–Crippen LogP) is 3.32. The molecule has 2 amide bonds. The fourth-order valence-corrected chi connectivity index (χ4v) is 2.49. The molecule has 2 N–H and O–H groups in total. The Bertz CT molecular complexity index is 287. The molecule has 2 fully saturated rings. The molecule has 0 aliphatic heterocycles. The van der Waals surface area contributed by atoms with E-state index in [-0.39, 0.29) is 6.03 Å². The van der Waals surface area contributed by atoms with Gasteiger partial charge in [-0.3, -0.25) is 0 Å². The monoisotopic (exact) mass is 236 g/mol. The van der Waals surface area contributed by atoms with E-state index in [1.54, 1.807) is 0 Å². The SMILES string of the molecule is C/C(=C\NC(=O)NC1CCCCCC1)C1CC1. The van der Waals surface area contributed by atoms with Crippen LogP contribution in [0.3, 0.4) is 0 Å². The van der Waals surface area contributed by atoms with Gasteiger partial charge in [0.1, 0.15) is 0 Å². The highest BCUT2D eigenvalue weighted by atomic mass is 16.2. The lowest BCUT2D eigenvalue weighted by Crippen LogP contribution is -2.40. The zero-order chi connectivity index (χ0) is 12.1. The van der Waals surface area contributed by atoms with Crippen molar-refractivity contribution in [3.63, 3.8) is 0 Å². The van der Waals surface area contributed by atoms with Crippen molar-refractivity contribution in [2.45, 2.75) is 64.3 Å². The van der Waals surface area contributed by atoms with Gasteiger partial charge in [0.25, 0.3) is 0 Å². The van der Waals surface area contributed by atoms with E-state index in [0.29, 0.717) is 6.04 Å². The van der Waals surface area contributed by atoms with Gasteiger partial charge in [0, 0.05) is 12.2 Å². The summed E-state index contributed by atoms with van der Waals surface area (Å²) in [5, 5.41) is 5.94. The van der Waals surface area contributed by atoms with Crippen molar-refractivity contribution in [1.82, 2.24) is 10.6 Å². The number of hydrogen-bond donors (Lipinski definition) is 2. The van der Waals surface area contributed by atoms with Crippen LogP contribution >= 0.6 is 0 Å². The van der Waals surface area contributed by atoms with Crippen LogP contribution in [-0.2, 0) is 0 Å². The second kappa shape index (κ2) is 6.08. The molecule has 2 rings (SSSR count). The molecule has 0 radical (unpaired) electrons. The summed E-state index contributed by atoms with van der Waals surface area (Å²) in [6.07, 6.45) is 11.9. The zero-order valence-electron chi connectivity index (χ0n) is 10.8. The predicted molar refractivity (Wildman–Crippen MR) is 69.6 cm³/mol. The molecule has 3 nitrogen and oxygen atoms in total. The highest BCUT2D eigenvalue weighted by molar-refractivity contribution is 5.75. The Morgan fingerprint density at radius 3 is 2.29 bits per heavy atom. The van der Waals surface area contributed by atoms with Gasteiger partial charge >= 0.3 is 6.03 Å². The first-order chi connectivity index (χ1) is 8.25. The molecular weight excluding hydrogens is 212 g/mol. The molecule has 0 spiro atoms. The first kappa shape index (κ1) is 12.5.